The van der Waals surface area contributed by atoms with Crippen molar-refractivity contribution in [2.45, 2.75) is 20.3 Å². The molecule has 102 valence electrons. The summed E-state index contributed by atoms with van der Waals surface area (Å²) in [5, 5.41) is 0. The average Bonchev–Trinajstić information content (AvgIpc) is 2.35. The first-order valence-corrected chi connectivity index (χ1v) is 9.27. The molecule has 1 aromatic rings. The third-order valence-electron chi connectivity index (χ3n) is 3.31. The number of para-hydroxylation sites is 1. The van der Waals surface area contributed by atoms with Crippen LogP contribution >= 0.6 is 10.0 Å². The van der Waals surface area contributed by atoms with Crippen LogP contribution in [0.1, 0.15) is 20.3 Å². The van der Waals surface area contributed by atoms with Gasteiger partial charge in [-0.3, -0.25) is 4.79 Å². The van der Waals surface area contributed by atoms with E-state index in [-0.39, 0.29) is 5.91 Å². The van der Waals surface area contributed by atoms with Crippen LogP contribution in [0.15, 0.2) is 30.3 Å². The lowest BCUT2D eigenvalue weighted by atomic mass is 10.2. The van der Waals surface area contributed by atoms with E-state index in [0.717, 1.165) is 18.7 Å². The Morgan fingerprint density at radius 2 is 1.83 bits per heavy atom. The van der Waals surface area contributed by atoms with Crippen molar-refractivity contribution >= 4 is 21.6 Å². The lowest BCUT2D eigenvalue weighted by Crippen LogP contribution is -2.30. The maximum Gasteiger partial charge on any atom is 0.223 e. The van der Waals surface area contributed by atoms with E-state index in [1.165, 1.54) is 11.5 Å². The Morgan fingerprint density at radius 3 is 2.33 bits per heavy atom. The molecule has 2 nitrogen and oxygen atoms in total. The second-order valence-electron chi connectivity index (χ2n) is 5.12. The number of carbonyl (C=O) groups is 1. The van der Waals surface area contributed by atoms with Gasteiger partial charge in [-0.2, -0.15) is 0 Å². The minimum atomic E-state index is -0.461. The molecule has 1 amide bonds. The molecule has 0 aliphatic rings. The smallest absolute Gasteiger partial charge is 0.223 e. The van der Waals surface area contributed by atoms with Crippen LogP contribution in [0.2, 0.25) is 0 Å². The summed E-state index contributed by atoms with van der Waals surface area (Å²) >= 11 is 0. The average molecular weight is 267 g/mol. The minimum Gasteiger partial charge on any atom is -0.313 e. The van der Waals surface area contributed by atoms with Crippen LogP contribution in [0.3, 0.4) is 0 Å². The van der Waals surface area contributed by atoms with Gasteiger partial charge in [-0.15, -0.1) is 0 Å². The normalized spacial score (nSPS) is 12.2. The van der Waals surface area contributed by atoms with Gasteiger partial charge in [0, 0.05) is 19.2 Å². The van der Waals surface area contributed by atoms with Gasteiger partial charge >= 0.3 is 0 Å². The standard InChI is InChI=1S/C15H25NOS/c1-5-18(3,4)13-9-12-16(14(2)17)15-10-7-6-8-11-15/h6-8,10-11H,5,9,12-13H2,1-4H3. The van der Waals surface area contributed by atoms with Gasteiger partial charge in [0.1, 0.15) is 0 Å². The first kappa shape index (κ1) is 15.1. The number of carbonyl (C=O) groups excluding carboxylic acids is 1. The summed E-state index contributed by atoms with van der Waals surface area (Å²) in [4.78, 5) is 13.6. The number of anilines is 1. The first-order valence-electron chi connectivity index (χ1n) is 6.48. The summed E-state index contributed by atoms with van der Waals surface area (Å²) in [5.74, 6) is 2.63. The molecule has 0 unspecified atom stereocenters. The van der Waals surface area contributed by atoms with Crippen LogP contribution in [-0.2, 0) is 4.79 Å². The molecule has 1 rings (SSSR count). The highest BCUT2D eigenvalue weighted by Crippen LogP contribution is 2.39. The number of hydrogen-bond acceptors (Lipinski definition) is 1. The highest BCUT2D eigenvalue weighted by molar-refractivity contribution is 8.32. The van der Waals surface area contributed by atoms with Crippen molar-refractivity contribution < 1.29 is 4.79 Å². The van der Waals surface area contributed by atoms with Gasteiger partial charge in [-0.25, -0.2) is 10.0 Å². The van der Waals surface area contributed by atoms with Crippen LogP contribution in [0, 0.1) is 0 Å². The molecule has 0 radical (unpaired) electrons. The van der Waals surface area contributed by atoms with Crippen molar-refractivity contribution in [2.24, 2.45) is 0 Å². The SMILES string of the molecule is CCS(C)(C)CCCN(C(C)=O)c1ccccc1. The van der Waals surface area contributed by atoms with Crippen molar-refractivity contribution in [2.75, 3.05) is 35.5 Å². The molecule has 3 heteroatoms. The molecule has 0 aliphatic heterocycles. The van der Waals surface area contributed by atoms with Gasteiger partial charge in [-0.1, -0.05) is 25.1 Å². The molecule has 0 bridgehead atoms. The van der Waals surface area contributed by atoms with Gasteiger partial charge in [0.05, 0.1) is 0 Å². The second-order valence-corrected chi connectivity index (χ2v) is 9.64. The van der Waals surface area contributed by atoms with Crippen LogP contribution in [0.25, 0.3) is 0 Å². The van der Waals surface area contributed by atoms with Crippen LogP contribution in [0.5, 0.6) is 0 Å². The minimum absolute atomic E-state index is 0.130. The third-order valence-corrected chi connectivity index (χ3v) is 6.26. The Hall–Kier alpha value is -0.960. The topological polar surface area (TPSA) is 20.3 Å². The highest BCUT2D eigenvalue weighted by Gasteiger charge is 2.13. The Bertz CT molecular complexity index is 375. The maximum atomic E-state index is 11.7. The van der Waals surface area contributed by atoms with E-state index in [2.05, 4.69) is 19.4 Å². The number of benzene rings is 1. The first-order chi connectivity index (χ1) is 8.46. The van der Waals surface area contributed by atoms with Gasteiger partial charge in [0.15, 0.2) is 0 Å². The molecule has 1 aromatic carbocycles. The molecule has 18 heavy (non-hydrogen) atoms. The fourth-order valence-electron chi connectivity index (χ4n) is 1.83. The molecule has 0 saturated heterocycles. The van der Waals surface area contributed by atoms with E-state index in [9.17, 15) is 4.79 Å². The summed E-state index contributed by atoms with van der Waals surface area (Å²) < 4.78 is 0. The predicted octanol–water partition coefficient (Wildman–Crippen LogP) is 3.51. The fraction of sp³-hybridized carbons (Fsp3) is 0.533. The van der Waals surface area contributed by atoms with Crippen LogP contribution < -0.4 is 4.90 Å². The van der Waals surface area contributed by atoms with Crippen molar-refractivity contribution in [1.82, 2.24) is 0 Å². The van der Waals surface area contributed by atoms with Gasteiger partial charge in [-0.05, 0) is 42.6 Å². The number of nitrogens with zero attached hydrogens (tertiary/aromatic N) is 1. The largest absolute Gasteiger partial charge is 0.313 e. The Morgan fingerprint density at radius 1 is 1.22 bits per heavy atom. The molecule has 0 N–H and O–H groups in total. The van der Waals surface area contributed by atoms with Crippen molar-refractivity contribution in [3.05, 3.63) is 30.3 Å². The van der Waals surface area contributed by atoms with Crippen molar-refractivity contribution in [3.63, 3.8) is 0 Å². The van der Waals surface area contributed by atoms with Crippen molar-refractivity contribution in [1.29, 1.82) is 0 Å². The molecular weight excluding hydrogens is 242 g/mol. The van der Waals surface area contributed by atoms with E-state index in [0.29, 0.717) is 0 Å². The van der Waals surface area contributed by atoms with Crippen LogP contribution in [-0.4, -0.2) is 36.5 Å². The third kappa shape index (κ3) is 4.73. The zero-order valence-corrected chi connectivity index (χ0v) is 12.8. The summed E-state index contributed by atoms with van der Waals surface area (Å²) in [5.41, 5.74) is 1.01. The molecule has 0 saturated carbocycles. The van der Waals surface area contributed by atoms with Gasteiger partial charge < -0.3 is 4.90 Å². The molecule has 0 atom stereocenters. The van der Waals surface area contributed by atoms with E-state index in [1.807, 2.05) is 35.2 Å². The van der Waals surface area contributed by atoms with E-state index >= 15 is 0 Å². The number of rotatable bonds is 6. The zero-order valence-electron chi connectivity index (χ0n) is 12.0. The Kier molecular flexibility index (Phi) is 5.73. The molecule has 0 spiro atoms. The Labute approximate surface area is 113 Å². The zero-order chi connectivity index (χ0) is 13.6. The summed E-state index contributed by atoms with van der Waals surface area (Å²) in [6.07, 6.45) is 5.83. The second kappa shape index (κ2) is 6.83. The lowest BCUT2D eigenvalue weighted by molar-refractivity contribution is -0.116. The summed E-state index contributed by atoms with van der Waals surface area (Å²) in [6, 6.07) is 9.93. The molecule has 0 fully saturated rings. The van der Waals surface area contributed by atoms with E-state index in [1.54, 1.807) is 6.92 Å². The quantitative estimate of drug-likeness (QED) is 0.772. The van der Waals surface area contributed by atoms with Crippen molar-refractivity contribution in [3.8, 4) is 0 Å². The van der Waals surface area contributed by atoms with E-state index in [4.69, 9.17) is 0 Å². The van der Waals surface area contributed by atoms with Gasteiger partial charge in [0.2, 0.25) is 5.91 Å². The lowest BCUT2D eigenvalue weighted by Gasteiger charge is -2.31. The Balaban J connectivity index is 2.58. The predicted molar refractivity (Wildman–Crippen MR) is 83.9 cm³/mol. The molecule has 0 aromatic heterocycles. The van der Waals surface area contributed by atoms with Gasteiger partial charge in [0.25, 0.3) is 0 Å². The fourth-order valence-corrected chi connectivity index (χ4v) is 3.03. The molecule has 0 heterocycles. The summed E-state index contributed by atoms with van der Waals surface area (Å²) in [6.45, 7) is 4.73. The molecular formula is C15H25NOS. The maximum absolute atomic E-state index is 11.7. The molecule has 0 aliphatic carbocycles. The number of hydrogen-bond donors (Lipinski definition) is 0. The van der Waals surface area contributed by atoms with Crippen LogP contribution in [0.4, 0.5) is 5.69 Å². The summed E-state index contributed by atoms with van der Waals surface area (Å²) in [7, 11) is -0.461. The van der Waals surface area contributed by atoms with E-state index < -0.39 is 10.0 Å². The monoisotopic (exact) mass is 267 g/mol. The highest BCUT2D eigenvalue weighted by atomic mass is 32.3. The number of amides is 1.